The van der Waals surface area contributed by atoms with Gasteiger partial charge in [-0.1, -0.05) is 41.9 Å². The van der Waals surface area contributed by atoms with Crippen LogP contribution in [-0.2, 0) is 4.79 Å². The van der Waals surface area contributed by atoms with E-state index in [4.69, 9.17) is 16.9 Å². The molecule has 0 unspecified atom stereocenters. The van der Waals surface area contributed by atoms with Crippen LogP contribution in [-0.4, -0.2) is 11.7 Å². The highest BCUT2D eigenvalue weighted by Gasteiger charge is 2.28. The molecule has 1 amide bonds. The second kappa shape index (κ2) is 6.69. The summed E-state index contributed by atoms with van der Waals surface area (Å²) in [6.45, 7) is 0. The number of carbonyl (C=O) groups is 2. The van der Waals surface area contributed by atoms with E-state index in [1.54, 1.807) is 54.6 Å². The van der Waals surface area contributed by atoms with Gasteiger partial charge in [-0.2, -0.15) is 5.26 Å². The number of para-hydroxylation sites is 1. The number of hydrogen-bond acceptors (Lipinski definition) is 3. The van der Waals surface area contributed by atoms with Crippen molar-refractivity contribution < 1.29 is 9.59 Å². The van der Waals surface area contributed by atoms with E-state index in [9.17, 15) is 9.59 Å². The maximum Gasteiger partial charge on any atom is 0.249 e. The van der Waals surface area contributed by atoms with E-state index in [0.717, 1.165) is 0 Å². The van der Waals surface area contributed by atoms with Gasteiger partial charge in [0.1, 0.15) is 0 Å². The molecule has 5 heteroatoms. The standard InChI is InChI=1S/C16H11ClN2O2/c17-14-9-5-4-8-12(14)15(20)13(10-18)16(21)19-11-6-2-1-3-7-11/h1-9,13H,(H,19,21)/t13-/m0/s1. The topological polar surface area (TPSA) is 70.0 Å². The van der Waals surface area contributed by atoms with E-state index >= 15 is 0 Å². The Kier molecular flexibility index (Phi) is 4.70. The van der Waals surface area contributed by atoms with Crippen molar-refractivity contribution in [2.45, 2.75) is 0 Å². The lowest BCUT2D eigenvalue weighted by Gasteiger charge is -2.10. The molecule has 0 radical (unpaired) electrons. The maximum atomic E-state index is 12.3. The van der Waals surface area contributed by atoms with Gasteiger partial charge < -0.3 is 5.32 Å². The molecule has 0 saturated heterocycles. The number of carbonyl (C=O) groups excluding carboxylic acids is 2. The van der Waals surface area contributed by atoms with E-state index in [1.807, 2.05) is 0 Å². The van der Waals surface area contributed by atoms with E-state index in [0.29, 0.717) is 5.69 Å². The van der Waals surface area contributed by atoms with Gasteiger partial charge >= 0.3 is 0 Å². The molecular weight excluding hydrogens is 288 g/mol. The summed E-state index contributed by atoms with van der Waals surface area (Å²) in [7, 11) is 0. The molecule has 2 aromatic carbocycles. The van der Waals surface area contributed by atoms with Crippen molar-refractivity contribution in [2.24, 2.45) is 5.92 Å². The molecule has 1 N–H and O–H groups in total. The molecule has 0 aliphatic carbocycles. The van der Waals surface area contributed by atoms with Crippen molar-refractivity contribution in [3.8, 4) is 6.07 Å². The molecule has 0 bridgehead atoms. The molecular formula is C16H11ClN2O2. The average molecular weight is 299 g/mol. The van der Waals surface area contributed by atoms with Crippen molar-refractivity contribution >= 4 is 29.0 Å². The number of halogens is 1. The fraction of sp³-hybridized carbons (Fsp3) is 0.0625. The molecule has 4 nitrogen and oxygen atoms in total. The van der Waals surface area contributed by atoms with Crippen molar-refractivity contribution in [3.63, 3.8) is 0 Å². The lowest BCUT2D eigenvalue weighted by molar-refractivity contribution is -0.117. The minimum absolute atomic E-state index is 0.161. The molecule has 0 spiro atoms. The molecule has 0 saturated carbocycles. The van der Waals surface area contributed by atoms with E-state index in [1.165, 1.54) is 6.07 Å². The van der Waals surface area contributed by atoms with Gasteiger partial charge in [-0.3, -0.25) is 9.59 Å². The number of nitrogens with zero attached hydrogens (tertiary/aromatic N) is 1. The molecule has 2 rings (SSSR count). The van der Waals surface area contributed by atoms with Crippen LogP contribution >= 0.6 is 11.6 Å². The number of rotatable bonds is 4. The summed E-state index contributed by atoms with van der Waals surface area (Å²) in [4.78, 5) is 24.3. The SMILES string of the molecule is N#C[C@H](C(=O)Nc1ccccc1)C(=O)c1ccccc1Cl. The Balaban J connectivity index is 2.20. The van der Waals surface area contributed by atoms with Crippen LogP contribution in [0.25, 0.3) is 0 Å². The fourth-order valence-electron chi connectivity index (χ4n) is 1.79. The quantitative estimate of drug-likeness (QED) is 0.695. The van der Waals surface area contributed by atoms with Gasteiger partial charge in [0.05, 0.1) is 11.1 Å². The molecule has 21 heavy (non-hydrogen) atoms. The Morgan fingerprint density at radius 3 is 2.29 bits per heavy atom. The van der Waals surface area contributed by atoms with E-state index < -0.39 is 17.6 Å². The van der Waals surface area contributed by atoms with Crippen LogP contribution in [0.3, 0.4) is 0 Å². The highest BCUT2D eigenvalue weighted by molar-refractivity contribution is 6.35. The third kappa shape index (κ3) is 3.47. The monoisotopic (exact) mass is 298 g/mol. The molecule has 0 aliphatic heterocycles. The highest BCUT2D eigenvalue weighted by Crippen LogP contribution is 2.20. The van der Waals surface area contributed by atoms with E-state index in [2.05, 4.69) is 5.32 Å². The molecule has 0 fully saturated rings. The maximum absolute atomic E-state index is 12.3. The minimum Gasteiger partial charge on any atom is -0.325 e. The van der Waals surface area contributed by atoms with Gasteiger partial charge in [0, 0.05) is 11.3 Å². The minimum atomic E-state index is -1.44. The second-order valence-electron chi connectivity index (χ2n) is 4.26. The Bertz CT molecular complexity index is 708. The molecule has 0 aliphatic rings. The number of ketones is 1. The number of anilines is 1. The van der Waals surface area contributed by atoms with Gasteiger partial charge in [0.15, 0.2) is 11.7 Å². The van der Waals surface area contributed by atoms with Crippen LogP contribution in [0.1, 0.15) is 10.4 Å². The van der Waals surface area contributed by atoms with Crippen LogP contribution in [0.5, 0.6) is 0 Å². The first-order chi connectivity index (χ1) is 10.1. The second-order valence-corrected chi connectivity index (χ2v) is 4.67. The van der Waals surface area contributed by atoms with Gasteiger partial charge in [0.2, 0.25) is 5.91 Å². The first-order valence-corrected chi connectivity index (χ1v) is 6.55. The Morgan fingerprint density at radius 2 is 1.67 bits per heavy atom. The van der Waals surface area contributed by atoms with Crippen LogP contribution in [0, 0.1) is 17.2 Å². The zero-order chi connectivity index (χ0) is 15.2. The summed E-state index contributed by atoms with van der Waals surface area (Å²) < 4.78 is 0. The predicted octanol–water partition coefficient (Wildman–Crippen LogP) is 3.30. The number of hydrogen-bond donors (Lipinski definition) is 1. The van der Waals surface area contributed by atoms with Crippen molar-refractivity contribution in [1.82, 2.24) is 0 Å². The summed E-state index contributed by atoms with van der Waals surface area (Å²) in [6, 6.07) is 16.7. The van der Waals surface area contributed by atoms with Crippen molar-refractivity contribution in [3.05, 3.63) is 65.2 Å². The Labute approximate surface area is 127 Å². The largest absolute Gasteiger partial charge is 0.325 e. The van der Waals surface area contributed by atoms with E-state index in [-0.39, 0.29) is 10.6 Å². The summed E-state index contributed by atoms with van der Waals surface area (Å²) in [5.74, 6) is -2.73. The third-order valence-electron chi connectivity index (χ3n) is 2.83. The van der Waals surface area contributed by atoms with Gasteiger partial charge in [-0.15, -0.1) is 0 Å². The summed E-state index contributed by atoms with van der Waals surface area (Å²) >= 11 is 5.92. The number of benzene rings is 2. The molecule has 0 aromatic heterocycles. The number of nitriles is 1. The first-order valence-electron chi connectivity index (χ1n) is 6.17. The van der Waals surface area contributed by atoms with Gasteiger partial charge in [-0.05, 0) is 24.3 Å². The van der Waals surface area contributed by atoms with Gasteiger partial charge in [0.25, 0.3) is 0 Å². The van der Waals surface area contributed by atoms with Crippen LogP contribution in [0.4, 0.5) is 5.69 Å². The lowest BCUT2D eigenvalue weighted by Crippen LogP contribution is -2.28. The fourth-order valence-corrected chi connectivity index (χ4v) is 2.02. The Hall–Kier alpha value is -2.64. The zero-order valence-corrected chi connectivity index (χ0v) is 11.7. The number of amides is 1. The summed E-state index contributed by atoms with van der Waals surface area (Å²) in [5.41, 5.74) is 0.684. The first kappa shape index (κ1) is 14.8. The summed E-state index contributed by atoms with van der Waals surface area (Å²) in [6.07, 6.45) is 0. The van der Waals surface area contributed by atoms with Gasteiger partial charge in [-0.25, -0.2) is 0 Å². The van der Waals surface area contributed by atoms with Crippen LogP contribution in [0.15, 0.2) is 54.6 Å². The molecule has 1 atom stereocenters. The van der Waals surface area contributed by atoms with Crippen LogP contribution in [0.2, 0.25) is 5.02 Å². The smallest absolute Gasteiger partial charge is 0.249 e. The normalized spacial score (nSPS) is 11.2. The van der Waals surface area contributed by atoms with Crippen molar-refractivity contribution in [2.75, 3.05) is 5.32 Å². The highest BCUT2D eigenvalue weighted by atomic mass is 35.5. The average Bonchev–Trinajstić information content (AvgIpc) is 2.49. The van der Waals surface area contributed by atoms with Crippen molar-refractivity contribution in [1.29, 1.82) is 5.26 Å². The lowest BCUT2D eigenvalue weighted by atomic mass is 9.98. The zero-order valence-electron chi connectivity index (χ0n) is 10.9. The third-order valence-corrected chi connectivity index (χ3v) is 3.16. The molecule has 2 aromatic rings. The summed E-state index contributed by atoms with van der Waals surface area (Å²) in [5, 5.41) is 11.9. The molecule has 0 heterocycles. The van der Waals surface area contributed by atoms with Crippen LogP contribution < -0.4 is 5.32 Å². The Morgan fingerprint density at radius 1 is 1.05 bits per heavy atom. The number of Topliss-reactive ketones (excluding diaryl/α,β-unsaturated/α-hetero) is 1. The molecule has 104 valence electrons. The predicted molar refractivity (Wildman–Crippen MR) is 80.0 cm³/mol. The number of nitrogens with one attached hydrogen (secondary N) is 1.